The van der Waals surface area contributed by atoms with Gasteiger partial charge in [-0.25, -0.2) is 14.8 Å². The van der Waals surface area contributed by atoms with E-state index in [0.29, 0.717) is 11.6 Å². The average Bonchev–Trinajstić information content (AvgIpc) is 3.33. The van der Waals surface area contributed by atoms with E-state index in [1.165, 1.54) is 9.80 Å². The van der Waals surface area contributed by atoms with E-state index in [1.54, 1.807) is 19.3 Å². The van der Waals surface area contributed by atoms with Crippen LogP contribution in [0, 0.1) is 0 Å². The van der Waals surface area contributed by atoms with Crippen molar-refractivity contribution in [2.75, 3.05) is 31.5 Å². The Bertz CT molecular complexity index is 588. The molecule has 1 N–H and O–H groups in total. The van der Waals surface area contributed by atoms with Crippen molar-refractivity contribution in [2.45, 2.75) is 37.9 Å². The van der Waals surface area contributed by atoms with Gasteiger partial charge in [-0.15, -0.1) is 0 Å². The van der Waals surface area contributed by atoms with E-state index < -0.39 is 12.7 Å². The van der Waals surface area contributed by atoms with Gasteiger partial charge >= 0.3 is 12.2 Å². The van der Waals surface area contributed by atoms with Gasteiger partial charge in [-0.2, -0.15) is 13.2 Å². The average molecular weight is 343 g/mol. The predicted molar refractivity (Wildman–Crippen MR) is 81.7 cm³/mol. The normalized spacial score (nSPS) is 22.5. The molecule has 3 rings (SSSR count). The predicted octanol–water partition coefficient (Wildman–Crippen LogP) is 2.45. The topological polar surface area (TPSA) is 61.4 Å². The van der Waals surface area contributed by atoms with E-state index in [0.717, 1.165) is 18.7 Å². The molecule has 6 nitrogen and oxygen atoms in total. The maximum atomic E-state index is 12.5. The fraction of sp³-hybridized carbons (Fsp3) is 0.667. The monoisotopic (exact) mass is 343 g/mol. The Kier molecular flexibility index (Phi) is 4.62. The van der Waals surface area contributed by atoms with Crippen LogP contribution in [0.4, 0.5) is 23.7 Å². The molecular formula is C15H20F3N5O. The highest BCUT2D eigenvalue weighted by molar-refractivity contribution is 5.89. The maximum absolute atomic E-state index is 12.5. The molecule has 1 saturated heterocycles. The third-order valence-electron chi connectivity index (χ3n) is 4.30. The van der Waals surface area contributed by atoms with Gasteiger partial charge in [0.2, 0.25) is 0 Å². The summed E-state index contributed by atoms with van der Waals surface area (Å²) in [7, 11) is 0. The second-order valence-electron chi connectivity index (χ2n) is 6.42. The Morgan fingerprint density at radius 3 is 2.50 bits per heavy atom. The van der Waals surface area contributed by atoms with Gasteiger partial charge in [-0.3, -0.25) is 4.90 Å². The second kappa shape index (κ2) is 6.54. The van der Waals surface area contributed by atoms with Gasteiger partial charge < -0.3 is 10.2 Å². The summed E-state index contributed by atoms with van der Waals surface area (Å²) < 4.78 is 37.5. The van der Waals surface area contributed by atoms with Gasteiger partial charge in [-0.1, -0.05) is 0 Å². The number of nitrogens with zero attached hydrogens (tertiary/aromatic N) is 4. The molecule has 1 atom stereocenters. The molecule has 0 spiro atoms. The van der Waals surface area contributed by atoms with Gasteiger partial charge in [0.05, 0.1) is 24.6 Å². The highest BCUT2D eigenvalue weighted by atomic mass is 19.4. The molecule has 24 heavy (non-hydrogen) atoms. The van der Waals surface area contributed by atoms with Crippen LogP contribution in [-0.4, -0.2) is 64.2 Å². The Morgan fingerprint density at radius 1 is 1.29 bits per heavy atom. The third-order valence-corrected chi connectivity index (χ3v) is 4.30. The minimum absolute atomic E-state index is 0.200. The molecule has 0 radical (unpaired) electrons. The summed E-state index contributed by atoms with van der Waals surface area (Å²) in [5.74, 6) is 1.24. The van der Waals surface area contributed by atoms with Crippen molar-refractivity contribution in [3.63, 3.8) is 0 Å². The molecule has 9 heteroatoms. The van der Waals surface area contributed by atoms with Crippen LogP contribution in [0.1, 0.15) is 31.5 Å². The number of piperazine rings is 1. The van der Waals surface area contributed by atoms with Crippen LogP contribution in [0.3, 0.4) is 0 Å². The molecule has 0 bridgehead atoms. The van der Waals surface area contributed by atoms with Crippen LogP contribution < -0.4 is 5.32 Å². The number of rotatable bonds is 3. The molecule has 2 aliphatic rings. The summed E-state index contributed by atoms with van der Waals surface area (Å²) in [6, 6.07) is -0.684. The fourth-order valence-electron chi connectivity index (χ4n) is 2.80. The number of carbonyl (C=O) groups excluding carboxylic acids is 1. The van der Waals surface area contributed by atoms with E-state index in [4.69, 9.17) is 0 Å². The maximum Gasteiger partial charge on any atom is 0.401 e. The molecular weight excluding hydrogens is 323 g/mol. The first-order chi connectivity index (χ1) is 11.3. The lowest BCUT2D eigenvalue weighted by Crippen LogP contribution is -2.56. The SMILES string of the molecule is C[C@@H]1CN(C(=O)Nc2cnc(C3CC3)nc2)CCN1CC(F)(F)F. The summed E-state index contributed by atoms with van der Waals surface area (Å²) in [6.45, 7) is 1.46. The zero-order valence-electron chi connectivity index (χ0n) is 13.4. The molecule has 1 aromatic heterocycles. The summed E-state index contributed by atoms with van der Waals surface area (Å²) in [5.41, 5.74) is 0.495. The molecule has 0 aromatic carbocycles. The second-order valence-corrected chi connectivity index (χ2v) is 6.42. The van der Waals surface area contributed by atoms with Crippen LogP contribution >= 0.6 is 0 Å². The number of anilines is 1. The van der Waals surface area contributed by atoms with Crippen molar-refractivity contribution >= 4 is 11.7 Å². The van der Waals surface area contributed by atoms with Crippen molar-refractivity contribution in [1.29, 1.82) is 0 Å². The lowest BCUT2D eigenvalue weighted by Gasteiger charge is -2.39. The summed E-state index contributed by atoms with van der Waals surface area (Å²) >= 11 is 0. The number of alkyl halides is 3. The van der Waals surface area contributed by atoms with Crippen LogP contribution in [0.2, 0.25) is 0 Å². The van der Waals surface area contributed by atoms with Crippen molar-refractivity contribution in [3.8, 4) is 0 Å². The molecule has 1 saturated carbocycles. The van der Waals surface area contributed by atoms with Crippen LogP contribution in [-0.2, 0) is 0 Å². The first-order valence-corrected chi connectivity index (χ1v) is 8.00. The Hall–Kier alpha value is -1.90. The Labute approximate surface area is 138 Å². The number of urea groups is 1. The molecule has 1 aliphatic heterocycles. The van der Waals surface area contributed by atoms with Crippen molar-refractivity contribution in [2.24, 2.45) is 0 Å². The largest absolute Gasteiger partial charge is 0.401 e. The number of nitrogens with one attached hydrogen (secondary N) is 1. The molecule has 1 aliphatic carbocycles. The van der Waals surface area contributed by atoms with Gasteiger partial charge in [0, 0.05) is 31.6 Å². The first-order valence-electron chi connectivity index (χ1n) is 8.00. The van der Waals surface area contributed by atoms with E-state index >= 15 is 0 Å². The lowest BCUT2D eigenvalue weighted by molar-refractivity contribution is -0.153. The van der Waals surface area contributed by atoms with Crippen LogP contribution in [0.25, 0.3) is 0 Å². The van der Waals surface area contributed by atoms with E-state index in [-0.39, 0.29) is 31.7 Å². The minimum atomic E-state index is -4.22. The number of hydrogen-bond acceptors (Lipinski definition) is 4. The highest BCUT2D eigenvalue weighted by Gasteiger charge is 2.36. The van der Waals surface area contributed by atoms with Gasteiger partial charge in [0.1, 0.15) is 5.82 Å². The molecule has 132 valence electrons. The number of hydrogen-bond donors (Lipinski definition) is 1. The minimum Gasteiger partial charge on any atom is -0.322 e. The van der Waals surface area contributed by atoms with E-state index in [2.05, 4.69) is 15.3 Å². The Balaban J connectivity index is 1.52. The standard InChI is InChI=1S/C15H20F3N5O/c1-10-8-22(4-5-23(10)9-15(16,17)18)14(24)21-12-6-19-13(20-7-12)11-2-3-11/h6-7,10-11H,2-5,8-9H2,1H3,(H,21,24)/t10-/m1/s1. The number of aromatic nitrogens is 2. The van der Waals surface area contributed by atoms with E-state index in [1.807, 2.05) is 0 Å². The van der Waals surface area contributed by atoms with Gasteiger partial charge in [0.15, 0.2) is 0 Å². The number of halogens is 3. The molecule has 2 heterocycles. The van der Waals surface area contributed by atoms with Gasteiger partial charge in [0.25, 0.3) is 0 Å². The number of amides is 2. The first kappa shape index (κ1) is 16.9. The molecule has 2 amide bonds. The molecule has 1 aromatic rings. The van der Waals surface area contributed by atoms with Crippen molar-refractivity contribution < 1.29 is 18.0 Å². The zero-order chi connectivity index (χ0) is 17.3. The summed E-state index contributed by atoms with van der Waals surface area (Å²) in [5, 5.41) is 2.70. The Morgan fingerprint density at radius 2 is 1.96 bits per heavy atom. The zero-order valence-corrected chi connectivity index (χ0v) is 13.4. The summed E-state index contributed by atoms with van der Waals surface area (Å²) in [4.78, 5) is 23.6. The fourth-order valence-corrected chi connectivity index (χ4v) is 2.80. The highest BCUT2D eigenvalue weighted by Crippen LogP contribution is 2.37. The lowest BCUT2D eigenvalue weighted by atomic mass is 10.2. The van der Waals surface area contributed by atoms with Crippen LogP contribution in [0.5, 0.6) is 0 Å². The van der Waals surface area contributed by atoms with Crippen molar-refractivity contribution in [1.82, 2.24) is 19.8 Å². The van der Waals surface area contributed by atoms with Gasteiger partial charge in [-0.05, 0) is 19.8 Å². The molecule has 2 fully saturated rings. The quantitative estimate of drug-likeness (QED) is 0.916. The molecule has 0 unspecified atom stereocenters. The van der Waals surface area contributed by atoms with E-state index in [9.17, 15) is 18.0 Å². The summed E-state index contributed by atoms with van der Waals surface area (Å²) in [6.07, 6.45) is 1.13. The number of carbonyl (C=O) groups is 1. The van der Waals surface area contributed by atoms with Crippen molar-refractivity contribution in [3.05, 3.63) is 18.2 Å². The third kappa shape index (κ3) is 4.34. The van der Waals surface area contributed by atoms with Crippen LogP contribution in [0.15, 0.2) is 12.4 Å². The smallest absolute Gasteiger partial charge is 0.322 e.